The third-order valence-electron chi connectivity index (χ3n) is 2.30. The van der Waals surface area contributed by atoms with Crippen molar-refractivity contribution < 1.29 is 9.84 Å². The van der Waals surface area contributed by atoms with Gasteiger partial charge in [-0.2, -0.15) is 0 Å². The van der Waals surface area contributed by atoms with E-state index in [4.69, 9.17) is 4.74 Å². The zero-order valence-electron chi connectivity index (χ0n) is 7.88. The molecule has 3 nitrogen and oxygen atoms in total. The van der Waals surface area contributed by atoms with Crippen LogP contribution in [0.2, 0.25) is 0 Å². The molecule has 1 heterocycles. The molecule has 0 unspecified atom stereocenters. The van der Waals surface area contributed by atoms with Crippen LogP contribution in [0.3, 0.4) is 0 Å². The topological polar surface area (TPSA) is 41.5 Å². The van der Waals surface area contributed by atoms with Gasteiger partial charge in [-0.05, 0) is 35.0 Å². The largest absolute Gasteiger partial charge is 0.503 e. The smallest absolute Gasteiger partial charge is 0.172 e. The van der Waals surface area contributed by atoms with Gasteiger partial charge in [0, 0.05) is 13.1 Å². The number of halogens is 1. The minimum atomic E-state index is -0.182. The van der Waals surface area contributed by atoms with Gasteiger partial charge in [-0.15, -0.1) is 0 Å². The number of phenols is 1. The second kappa shape index (κ2) is 3.44. The van der Waals surface area contributed by atoms with E-state index < -0.39 is 0 Å². The third-order valence-corrected chi connectivity index (χ3v) is 2.94. The predicted molar refractivity (Wildman–Crippen MR) is 57.7 cm³/mol. The first-order chi connectivity index (χ1) is 6.61. The van der Waals surface area contributed by atoms with Gasteiger partial charge in [0.05, 0.1) is 4.47 Å². The summed E-state index contributed by atoms with van der Waals surface area (Å²) in [5.41, 5.74) is -0.182. The van der Waals surface area contributed by atoms with Crippen molar-refractivity contribution in [1.29, 1.82) is 0 Å². The fourth-order valence-electron chi connectivity index (χ4n) is 1.39. The highest BCUT2D eigenvalue weighted by atomic mass is 79.9. The molecule has 1 aliphatic rings. The molecular formula is C10H12BrNO2. The molecule has 4 heteroatoms. The van der Waals surface area contributed by atoms with E-state index in [1.54, 1.807) is 12.1 Å². The van der Waals surface area contributed by atoms with Gasteiger partial charge < -0.3 is 15.2 Å². The maximum absolute atomic E-state index is 9.69. The summed E-state index contributed by atoms with van der Waals surface area (Å²) < 4.78 is 6.37. The summed E-state index contributed by atoms with van der Waals surface area (Å²) in [6, 6.07) is 5.39. The standard InChI is InChI=1S/C10H12BrNO2/c1-10(5-12-6-10)14-8-4-2-3-7(11)9(8)13/h2-4,12-13H,5-6H2,1H3. The summed E-state index contributed by atoms with van der Waals surface area (Å²) in [5.74, 6) is 0.698. The van der Waals surface area contributed by atoms with Crippen molar-refractivity contribution >= 4 is 15.9 Å². The molecular weight excluding hydrogens is 246 g/mol. The van der Waals surface area contributed by atoms with Crippen LogP contribution in [0.1, 0.15) is 6.92 Å². The Balaban J connectivity index is 2.20. The van der Waals surface area contributed by atoms with Crippen molar-refractivity contribution in [3.63, 3.8) is 0 Å². The second-order valence-electron chi connectivity index (χ2n) is 3.74. The summed E-state index contributed by atoms with van der Waals surface area (Å²) in [4.78, 5) is 0. The van der Waals surface area contributed by atoms with E-state index in [1.165, 1.54) is 0 Å². The van der Waals surface area contributed by atoms with Crippen LogP contribution < -0.4 is 10.1 Å². The molecule has 0 spiro atoms. The lowest BCUT2D eigenvalue weighted by molar-refractivity contribution is 0.0323. The number of aromatic hydroxyl groups is 1. The van der Waals surface area contributed by atoms with Crippen LogP contribution in [-0.4, -0.2) is 23.8 Å². The van der Waals surface area contributed by atoms with Gasteiger partial charge in [0.1, 0.15) is 5.60 Å². The molecule has 0 aromatic heterocycles. The molecule has 0 radical (unpaired) electrons. The van der Waals surface area contributed by atoms with E-state index >= 15 is 0 Å². The molecule has 0 bridgehead atoms. The van der Waals surface area contributed by atoms with Crippen molar-refractivity contribution in [1.82, 2.24) is 5.32 Å². The minimum absolute atomic E-state index is 0.167. The maximum Gasteiger partial charge on any atom is 0.172 e. The molecule has 1 aromatic rings. The molecule has 0 amide bonds. The highest BCUT2D eigenvalue weighted by molar-refractivity contribution is 9.10. The zero-order chi connectivity index (χ0) is 10.2. The van der Waals surface area contributed by atoms with Crippen LogP contribution in [0, 0.1) is 0 Å². The maximum atomic E-state index is 9.69. The zero-order valence-corrected chi connectivity index (χ0v) is 9.47. The molecule has 0 atom stereocenters. The highest BCUT2D eigenvalue weighted by Crippen LogP contribution is 2.36. The normalized spacial score (nSPS) is 18.7. The summed E-state index contributed by atoms with van der Waals surface area (Å²) in [6.07, 6.45) is 0. The molecule has 0 aliphatic carbocycles. The van der Waals surface area contributed by atoms with Crippen molar-refractivity contribution in [2.45, 2.75) is 12.5 Å². The Morgan fingerprint density at radius 3 is 2.79 bits per heavy atom. The van der Waals surface area contributed by atoms with Gasteiger partial charge in [0.25, 0.3) is 0 Å². The fraction of sp³-hybridized carbons (Fsp3) is 0.400. The molecule has 2 N–H and O–H groups in total. The average Bonchev–Trinajstić information content (AvgIpc) is 2.10. The first-order valence-corrected chi connectivity index (χ1v) is 5.27. The number of para-hydroxylation sites is 1. The van der Waals surface area contributed by atoms with Gasteiger partial charge in [0.15, 0.2) is 11.5 Å². The summed E-state index contributed by atoms with van der Waals surface area (Å²) in [6.45, 7) is 3.65. The third kappa shape index (κ3) is 1.72. The first kappa shape index (κ1) is 9.80. The van der Waals surface area contributed by atoms with Crippen molar-refractivity contribution in [3.05, 3.63) is 22.7 Å². The van der Waals surface area contributed by atoms with Gasteiger partial charge in [-0.25, -0.2) is 0 Å². The van der Waals surface area contributed by atoms with Gasteiger partial charge in [-0.3, -0.25) is 0 Å². The monoisotopic (exact) mass is 257 g/mol. The van der Waals surface area contributed by atoms with E-state index in [9.17, 15) is 5.11 Å². The van der Waals surface area contributed by atoms with Crippen molar-refractivity contribution in [3.8, 4) is 11.5 Å². The van der Waals surface area contributed by atoms with Crippen LogP contribution in [0.25, 0.3) is 0 Å². The Labute approximate surface area is 91.2 Å². The average molecular weight is 258 g/mol. The SMILES string of the molecule is CC1(Oc2cccc(Br)c2O)CNC1. The Kier molecular flexibility index (Phi) is 2.41. The molecule has 14 heavy (non-hydrogen) atoms. The van der Waals surface area contributed by atoms with E-state index in [2.05, 4.69) is 21.2 Å². The summed E-state index contributed by atoms with van der Waals surface area (Å²) in [7, 11) is 0. The number of benzene rings is 1. The number of hydrogen-bond donors (Lipinski definition) is 2. The van der Waals surface area contributed by atoms with Crippen molar-refractivity contribution in [2.24, 2.45) is 0 Å². The number of ether oxygens (including phenoxy) is 1. The fourth-order valence-corrected chi connectivity index (χ4v) is 1.74. The molecule has 0 saturated carbocycles. The number of nitrogens with one attached hydrogen (secondary N) is 1. The van der Waals surface area contributed by atoms with Gasteiger partial charge >= 0.3 is 0 Å². The second-order valence-corrected chi connectivity index (χ2v) is 4.60. The Bertz CT molecular complexity index is 350. The van der Waals surface area contributed by atoms with Crippen molar-refractivity contribution in [2.75, 3.05) is 13.1 Å². The van der Waals surface area contributed by atoms with Gasteiger partial charge in [0.2, 0.25) is 0 Å². The quantitative estimate of drug-likeness (QED) is 0.851. The predicted octanol–water partition coefficient (Wildman–Crippen LogP) is 1.90. The lowest BCUT2D eigenvalue weighted by atomic mass is 10.00. The number of phenolic OH excluding ortho intramolecular Hbond substituents is 1. The summed E-state index contributed by atoms with van der Waals surface area (Å²) >= 11 is 3.25. The number of rotatable bonds is 2. The first-order valence-electron chi connectivity index (χ1n) is 4.48. The van der Waals surface area contributed by atoms with Crippen LogP contribution in [-0.2, 0) is 0 Å². The Morgan fingerprint density at radius 2 is 2.21 bits per heavy atom. The lowest BCUT2D eigenvalue weighted by Gasteiger charge is -2.39. The molecule has 2 rings (SSSR count). The van der Waals surface area contributed by atoms with E-state index in [-0.39, 0.29) is 11.4 Å². The van der Waals surface area contributed by atoms with Crippen LogP contribution in [0.4, 0.5) is 0 Å². The Hall–Kier alpha value is -0.740. The van der Waals surface area contributed by atoms with Gasteiger partial charge in [-0.1, -0.05) is 6.07 Å². The molecule has 76 valence electrons. The number of hydrogen-bond acceptors (Lipinski definition) is 3. The summed E-state index contributed by atoms with van der Waals surface area (Å²) in [5, 5.41) is 12.8. The molecule has 1 aromatic carbocycles. The molecule has 1 aliphatic heterocycles. The van der Waals surface area contributed by atoms with Crippen LogP contribution in [0.5, 0.6) is 11.5 Å². The minimum Gasteiger partial charge on any atom is -0.503 e. The molecule has 1 fully saturated rings. The van der Waals surface area contributed by atoms with Crippen LogP contribution >= 0.6 is 15.9 Å². The van der Waals surface area contributed by atoms with E-state index in [0.29, 0.717) is 10.2 Å². The van der Waals surface area contributed by atoms with E-state index in [0.717, 1.165) is 13.1 Å². The van der Waals surface area contributed by atoms with E-state index in [1.807, 2.05) is 13.0 Å². The lowest BCUT2D eigenvalue weighted by Crippen LogP contribution is -2.61. The Morgan fingerprint density at radius 1 is 1.50 bits per heavy atom. The van der Waals surface area contributed by atoms with Crippen LogP contribution in [0.15, 0.2) is 22.7 Å². The highest BCUT2D eigenvalue weighted by Gasteiger charge is 2.34. The molecule has 1 saturated heterocycles.